The van der Waals surface area contributed by atoms with Crippen LogP contribution in [-0.4, -0.2) is 37.7 Å². The molecule has 9 heteroatoms. The monoisotopic (exact) mass is 275 g/mol. The van der Waals surface area contributed by atoms with Crippen LogP contribution in [0.2, 0.25) is 0 Å². The zero-order chi connectivity index (χ0) is 13.8. The normalized spacial score (nSPS) is 11.2. The number of carboxylic acid groups (broad SMARTS) is 1. The number of carboxylic acids is 1. The second-order valence-corrected chi connectivity index (χ2v) is 4.83. The summed E-state index contributed by atoms with van der Waals surface area (Å²) in [5.41, 5.74) is 4.78. The Morgan fingerprint density at radius 3 is 2.61 bits per heavy atom. The second kappa shape index (κ2) is 5.67. The predicted octanol–water partition coefficient (Wildman–Crippen LogP) is -0.705. The molecule has 0 atom stereocenters. The molecule has 0 unspecified atom stereocenters. The van der Waals surface area contributed by atoms with Gasteiger partial charge in [-0.05, 0) is 18.2 Å². The van der Waals surface area contributed by atoms with E-state index >= 15 is 0 Å². The molecule has 1 rings (SSSR count). The van der Waals surface area contributed by atoms with Crippen molar-refractivity contribution in [3.05, 3.63) is 23.8 Å². The minimum absolute atomic E-state index is 0.0229. The molecule has 6 N–H and O–H groups in total. The van der Waals surface area contributed by atoms with E-state index < -0.39 is 27.5 Å². The Balaban J connectivity index is 2.92. The van der Waals surface area contributed by atoms with Gasteiger partial charge < -0.3 is 15.9 Å². The van der Waals surface area contributed by atoms with Gasteiger partial charge in [-0.25, -0.2) is 4.79 Å². The van der Waals surface area contributed by atoms with E-state index in [9.17, 15) is 18.3 Å². The Kier molecular flexibility index (Phi) is 4.48. The average Bonchev–Trinajstić information content (AvgIpc) is 2.28. The number of aromatic hydroxyl groups is 1. The van der Waals surface area contributed by atoms with E-state index in [1.807, 2.05) is 0 Å². The highest BCUT2D eigenvalue weighted by atomic mass is 32.2. The highest BCUT2D eigenvalue weighted by molar-refractivity contribution is 7.90. The highest BCUT2D eigenvalue weighted by Crippen LogP contribution is 2.21. The predicted molar refractivity (Wildman–Crippen MR) is 64.7 cm³/mol. The van der Waals surface area contributed by atoms with Crippen molar-refractivity contribution in [1.29, 1.82) is 0 Å². The molecule has 0 saturated heterocycles. The number of carbonyl (C=O) groups is 1. The van der Waals surface area contributed by atoms with Crippen LogP contribution in [0.25, 0.3) is 0 Å². The van der Waals surface area contributed by atoms with E-state index in [0.29, 0.717) is 0 Å². The van der Waals surface area contributed by atoms with Crippen LogP contribution >= 0.6 is 0 Å². The molecule has 0 spiro atoms. The van der Waals surface area contributed by atoms with Crippen molar-refractivity contribution in [2.75, 3.05) is 17.8 Å². The zero-order valence-corrected chi connectivity index (χ0v) is 10.1. The molecule has 0 bridgehead atoms. The maximum atomic E-state index is 11.4. The van der Waals surface area contributed by atoms with Crippen LogP contribution in [0.3, 0.4) is 0 Å². The van der Waals surface area contributed by atoms with E-state index in [1.165, 1.54) is 6.07 Å². The number of nitrogens with one attached hydrogen (secondary N) is 2. The Bertz CT molecular complexity index is 543. The van der Waals surface area contributed by atoms with E-state index in [0.717, 1.165) is 12.1 Å². The molecular weight excluding hydrogens is 262 g/mol. The molecule has 18 heavy (non-hydrogen) atoms. The van der Waals surface area contributed by atoms with Crippen molar-refractivity contribution in [2.45, 2.75) is 0 Å². The molecule has 0 radical (unpaired) electrons. The van der Waals surface area contributed by atoms with E-state index in [4.69, 9.17) is 10.8 Å². The van der Waals surface area contributed by atoms with Crippen LogP contribution in [-0.2, 0) is 10.2 Å². The van der Waals surface area contributed by atoms with Gasteiger partial charge in [0, 0.05) is 13.1 Å². The summed E-state index contributed by atoms with van der Waals surface area (Å²) in [5.74, 6) is -1.80. The molecule has 1 aromatic rings. The molecule has 0 saturated carbocycles. The first-order chi connectivity index (χ1) is 8.35. The molecular formula is C9H13N3O5S. The fourth-order valence-corrected chi connectivity index (χ4v) is 2.05. The zero-order valence-electron chi connectivity index (χ0n) is 9.25. The number of nitrogens with two attached hydrogens (primary N) is 1. The third-order valence-electron chi connectivity index (χ3n) is 1.92. The highest BCUT2D eigenvalue weighted by Gasteiger charge is 2.13. The lowest BCUT2D eigenvalue weighted by molar-refractivity contribution is 0.0694. The number of hydrogen-bond acceptors (Lipinski definition) is 5. The summed E-state index contributed by atoms with van der Waals surface area (Å²) in [6.45, 7) is 0.191. The molecule has 8 nitrogen and oxygen atoms in total. The summed E-state index contributed by atoms with van der Waals surface area (Å²) in [5, 5.41) is 18.0. The van der Waals surface area contributed by atoms with Gasteiger partial charge >= 0.3 is 5.97 Å². The third kappa shape index (κ3) is 3.87. The summed E-state index contributed by atoms with van der Waals surface area (Å²) in [6.07, 6.45) is 0. The van der Waals surface area contributed by atoms with Crippen LogP contribution < -0.4 is 15.2 Å². The Hall–Kier alpha value is -1.84. The van der Waals surface area contributed by atoms with Gasteiger partial charge in [0.15, 0.2) is 0 Å². The number of rotatable bonds is 6. The Labute approximate surface area is 104 Å². The number of hydrogen-bond donors (Lipinski definition) is 5. The number of aromatic carboxylic acids is 1. The lowest BCUT2D eigenvalue weighted by atomic mass is 10.2. The van der Waals surface area contributed by atoms with Gasteiger partial charge in [0.05, 0.1) is 5.69 Å². The largest absolute Gasteiger partial charge is 0.507 e. The van der Waals surface area contributed by atoms with Crippen molar-refractivity contribution >= 4 is 21.9 Å². The minimum atomic E-state index is -3.81. The van der Waals surface area contributed by atoms with E-state index in [-0.39, 0.29) is 18.8 Å². The Morgan fingerprint density at radius 2 is 2.06 bits per heavy atom. The summed E-state index contributed by atoms with van der Waals surface area (Å²) < 4.78 is 27.1. The SMILES string of the molecule is NCCNS(=O)(=O)Nc1ccc(O)c(C(=O)O)c1. The summed E-state index contributed by atoms with van der Waals surface area (Å²) in [7, 11) is -3.81. The van der Waals surface area contributed by atoms with E-state index in [2.05, 4.69) is 9.44 Å². The van der Waals surface area contributed by atoms with Crippen molar-refractivity contribution in [1.82, 2.24) is 4.72 Å². The first-order valence-corrected chi connectivity index (χ1v) is 6.38. The van der Waals surface area contributed by atoms with Crippen LogP contribution in [0.1, 0.15) is 10.4 Å². The van der Waals surface area contributed by atoms with Crippen LogP contribution in [0.4, 0.5) is 5.69 Å². The van der Waals surface area contributed by atoms with Gasteiger partial charge in [0.2, 0.25) is 0 Å². The fourth-order valence-electron chi connectivity index (χ4n) is 1.16. The number of anilines is 1. The summed E-state index contributed by atoms with van der Waals surface area (Å²) in [6, 6.07) is 3.34. The molecule has 0 aliphatic rings. The van der Waals surface area contributed by atoms with Crippen LogP contribution in [0.15, 0.2) is 18.2 Å². The molecule has 100 valence electrons. The number of phenols is 1. The van der Waals surface area contributed by atoms with Gasteiger partial charge in [-0.3, -0.25) is 4.72 Å². The quantitative estimate of drug-likeness (QED) is 0.434. The van der Waals surface area contributed by atoms with E-state index in [1.54, 1.807) is 0 Å². The van der Waals surface area contributed by atoms with Crippen molar-refractivity contribution in [3.63, 3.8) is 0 Å². The van der Waals surface area contributed by atoms with Gasteiger partial charge in [-0.2, -0.15) is 13.1 Å². The van der Waals surface area contributed by atoms with Gasteiger partial charge in [-0.1, -0.05) is 0 Å². The first-order valence-electron chi connectivity index (χ1n) is 4.89. The standard InChI is InChI=1S/C9H13N3O5S/c10-3-4-11-18(16,17)12-6-1-2-8(13)7(5-6)9(14)15/h1-2,5,11-13H,3-4,10H2,(H,14,15). The van der Waals surface area contributed by atoms with Crippen molar-refractivity contribution in [2.24, 2.45) is 5.73 Å². The third-order valence-corrected chi connectivity index (χ3v) is 3.00. The van der Waals surface area contributed by atoms with Gasteiger partial charge in [0.1, 0.15) is 11.3 Å². The molecule has 1 aromatic carbocycles. The topological polar surface area (TPSA) is 142 Å². The molecule has 0 aromatic heterocycles. The smallest absolute Gasteiger partial charge is 0.339 e. The molecule has 0 aliphatic carbocycles. The Morgan fingerprint density at radius 1 is 1.39 bits per heavy atom. The molecule has 0 fully saturated rings. The van der Waals surface area contributed by atoms with Crippen molar-refractivity contribution < 1.29 is 23.4 Å². The maximum absolute atomic E-state index is 11.4. The van der Waals surface area contributed by atoms with Crippen LogP contribution in [0, 0.1) is 0 Å². The van der Waals surface area contributed by atoms with Gasteiger partial charge in [0.25, 0.3) is 10.2 Å². The minimum Gasteiger partial charge on any atom is -0.507 e. The summed E-state index contributed by atoms with van der Waals surface area (Å²) >= 11 is 0. The average molecular weight is 275 g/mol. The molecule has 0 heterocycles. The summed E-state index contributed by atoms with van der Waals surface area (Å²) in [4.78, 5) is 10.7. The lowest BCUT2D eigenvalue weighted by Crippen LogP contribution is -2.33. The second-order valence-electron chi connectivity index (χ2n) is 3.33. The van der Waals surface area contributed by atoms with Crippen molar-refractivity contribution in [3.8, 4) is 5.75 Å². The lowest BCUT2D eigenvalue weighted by Gasteiger charge is -2.09. The molecule has 0 aliphatic heterocycles. The fraction of sp³-hybridized carbons (Fsp3) is 0.222. The van der Waals surface area contributed by atoms with Gasteiger partial charge in [-0.15, -0.1) is 0 Å². The molecule has 0 amide bonds. The first kappa shape index (κ1) is 14.2. The maximum Gasteiger partial charge on any atom is 0.339 e. The number of benzene rings is 1. The van der Waals surface area contributed by atoms with Crippen LogP contribution in [0.5, 0.6) is 5.75 Å².